The van der Waals surface area contributed by atoms with Crippen LogP contribution in [0.5, 0.6) is 5.75 Å². The zero-order chi connectivity index (χ0) is 18.6. The van der Waals surface area contributed by atoms with Gasteiger partial charge in [0.25, 0.3) is 0 Å². The molecule has 4 heteroatoms. The average molecular weight is 355 g/mol. The normalized spacial score (nSPS) is 18.1. The van der Waals surface area contributed by atoms with Crippen molar-refractivity contribution in [3.63, 3.8) is 0 Å². The van der Waals surface area contributed by atoms with E-state index in [1.54, 1.807) is 18.2 Å². The molecule has 0 unspecified atom stereocenters. The summed E-state index contributed by atoms with van der Waals surface area (Å²) in [6.45, 7) is 0. The maximum Gasteiger partial charge on any atom is 0.408 e. The van der Waals surface area contributed by atoms with Gasteiger partial charge in [0, 0.05) is 11.1 Å². The van der Waals surface area contributed by atoms with Crippen molar-refractivity contribution in [3.8, 4) is 17.6 Å². The lowest BCUT2D eigenvalue weighted by Crippen LogP contribution is -2.19. The van der Waals surface area contributed by atoms with Crippen LogP contribution in [0.2, 0.25) is 0 Å². The van der Waals surface area contributed by atoms with Crippen LogP contribution >= 0.6 is 0 Å². The van der Waals surface area contributed by atoms with Crippen molar-refractivity contribution in [2.75, 3.05) is 0 Å². The number of nitrogens with one attached hydrogen (secondary N) is 1. The Kier molecular flexibility index (Phi) is 4.51. The second-order valence-electron chi connectivity index (χ2n) is 6.28. The first kappa shape index (κ1) is 16.7. The number of carbonyl (C=O) groups is 1. The van der Waals surface area contributed by atoms with Crippen molar-refractivity contribution < 1.29 is 14.6 Å². The number of benzene rings is 3. The molecular weight excluding hydrogens is 338 g/mol. The number of hydrogen-bond donors (Lipinski definition) is 2. The number of alkyl carbamates (subject to hydrolysis) is 1. The molecule has 0 spiro atoms. The molecule has 0 bridgehead atoms. The van der Waals surface area contributed by atoms with E-state index in [2.05, 4.69) is 17.2 Å². The highest BCUT2D eigenvalue weighted by Gasteiger charge is 2.36. The van der Waals surface area contributed by atoms with Gasteiger partial charge in [0.1, 0.15) is 5.75 Å². The molecule has 1 saturated heterocycles. The molecular formula is C23H17NO3. The molecule has 0 radical (unpaired) electrons. The smallest absolute Gasteiger partial charge is 0.408 e. The number of aromatic hydroxyl groups is 1. The van der Waals surface area contributed by atoms with Crippen molar-refractivity contribution in [1.82, 2.24) is 5.32 Å². The van der Waals surface area contributed by atoms with Gasteiger partial charge in [0.2, 0.25) is 0 Å². The summed E-state index contributed by atoms with van der Waals surface area (Å²) in [6, 6.07) is 23.9. The van der Waals surface area contributed by atoms with Crippen LogP contribution < -0.4 is 5.32 Å². The van der Waals surface area contributed by atoms with Gasteiger partial charge < -0.3 is 15.2 Å². The fourth-order valence-corrected chi connectivity index (χ4v) is 3.12. The first-order valence-electron chi connectivity index (χ1n) is 8.62. The van der Waals surface area contributed by atoms with Crippen LogP contribution in [0.3, 0.4) is 0 Å². The fraction of sp³-hybridized carbons (Fsp3) is 0.0870. The Labute approximate surface area is 157 Å². The van der Waals surface area contributed by atoms with Crippen LogP contribution in [-0.2, 0) is 4.74 Å². The van der Waals surface area contributed by atoms with E-state index in [0.717, 1.165) is 22.3 Å². The molecule has 0 aliphatic carbocycles. The Bertz CT molecular complexity index is 1030. The number of phenols is 1. The molecule has 0 aromatic heterocycles. The van der Waals surface area contributed by atoms with Crippen LogP contribution in [0.1, 0.15) is 34.4 Å². The van der Waals surface area contributed by atoms with E-state index in [4.69, 9.17) is 4.74 Å². The standard InChI is InChI=1S/C23H17NO3/c25-20-11-5-10-19(15-20)22-21(24-23(26)27-22)18-9-4-8-17(14-18)13-12-16-6-2-1-3-7-16/h1-11,14-15,21-22,25H,(H,24,26)/t21-,22-/m1/s1. The first-order valence-corrected chi connectivity index (χ1v) is 8.62. The minimum atomic E-state index is -0.512. The lowest BCUT2D eigenvalue weighted by molar-refractivity contribution is 0.132. The number of hydrogen-bond acceptors (Lipinski definition) is 3. The highest BCUT2D eigenvalue weighted by molar-refractivity contribution is 5.71. The number of phenolic OH excluding ortho intramolecular Hbond substituents is 1. The van der Waals surface area contributed by atoms with Gasteiger partial charge in [-0.3, -0.25) is 0 Å². The molecule has 27 heavy (non-hydrogen) atoms. The van der Waals surface area contributed by atoms with Gasteiger partial charge in [-0.1, -0.05) is 54.3 Å². The van der Waals surface area contributed by atoms with Gasteiger partial charge in [0.15, 0.2) is 6.10 Å². The summed E-state index contributed by atoms with van der Waals surface area (Å²) in [6.07, 6.45) is -0.990. The molecule has 2 N–H and O–H groups in total. The van der Waals surface area contributed by atoms with E-state index in [9.17, 15) is 9.90 Å². The van der Waals surface area contributed by atoms with Crippen LogP contribution in [0, 0.1) is 11.8 Å². The number of ether oxygens (including phenoxy) is 1. The maximum atomic E-state index is 11.9. The van der Waals surface area contributed by atoms with E-state index in [1.807, 2.05) is 60.7 Å². The topological polar surface area (TPSA) is 58.6 Å². The maximum absolute atomic E-state index is 11.9. The highest BCUT2D eigenvalue weighted by Crippen LogP contribution is 2.37. The molecule has 1 heterocycles. The molecule has 3 aromatic rings. The zero-order valence-electron chi connectivity index (χ0n) is 14.4. The second kappa shape index (κ2) is 7.27. The van der Waals surface area contributed by atoms with Crippen molar-refractivity contribution in [2.45, 2.75) is 12.1 Å². The summed E-state index contributed by atoms with van der Waals surface area (Å²) in [5.74, 6) is 6.43. The molecule has 132 valence electrons. The van der Waals surface area contributed by atoms with Crippen molar-refractivity contribution in [2.24, 2.45) is 0 Å². The zero-order valence-corrected chi connectivity index (χ0v) is 14.4. The Hall–Kier alpha value is -3.71. The Balaban J connectivity index is 1.64. The lowest BCUT2D eigenvalue weighted by Gasteiger charge is -2.18. The molecule has 1 amide bonds. The molecule has 2 atom stereocenters. The van der Waals surface area contributed by atoms with Crippen LogP contribution in [-0.4, -0.2) is 11.2 Å². The monoisotopic (exact) mass is 355 g/mol. The molecule has 3 aromatic carbocycles. The van der Waals surface area contributed by atoms with Gasteiger partial charge in [-0.2, -0.15) is 0 Å². The van der Waals surface area contributed by atoms with Crippen LogP contribution in [0.15, 0.2) is 78.9 Å². The highest BCUT2D eigenvalue weighted by atomic mass is 16.6. The van der Waals surface area contributed by atoms with Gasteiger partial charge in [-0.15, -0.1) is 0 Å². The third-order valence-electron chi connectivity index (χ3n) is 4.38. The Morgan fingerprint density at radius 3 is 2.33 bits per heavy atom. The summed E-state index contributed by atoms with van der Waals surface area (Å²) >= 11 is 0. The number of amides is 1. The average Bonchev–Trinajstić information content (AvgIpc) is 3.09. The number of cyclic esters (lactones) is 1. The van der Waals surface area contributed by atoms with Crippen LogP contribution in [0.25, 0.3) is 0 Å². The summed E-state index contributed by atoms with van der Waals surface area (Å²) in [5.41, 5.74) is 3.43. The number of rotatable bonds is 2. The Morgan fingerprint density at radius 1 is 0.815 bits per heavy atom. The SMILES string of the molecule is O=C1N[C@H](c2cccc(C#Cc3ccccc3)c2)[C@@H](c2cccc(O)c2)O1. The molecule has 4 rings (SSSR count). The van der Waals surface area contributed by atoms with Crippen molar-refractivity contribution in [1.29, 1.82) is 0 Å². The van der Waals surface area contributed by atoms with Gasteiger partial charge in [0.05, 0.1) is 6.04 Å². The third kappa shape index (κ3) is 3.78. The summed E-state index contributed by atoms with van der Waals surface area (Å²) in [7, 11) is 0. The van der Waals surface area contributed by atoms with Crippen molar-refractivity contribution >= 4 is 6.09 Å². The predicted molar refractivity (Wildman–Crippen MR) is 102 cm³/mol. The minimum Gasteiger partial charge on any atom is -0.508 e. The summed E-state index contributed by atoms with van der Waals surface area (Å²) < 4.78 is 5.44. The Morgan fingerprint density at radius 2 is 1.52 bits per heavy atom. The fourth-order valence-electron chi connectivity index (χ4n) is 3.12. The summed E-state index contributed by atoms with van der Waals surface area (Å²) in [5, 5.41) is 12.6. The minimum absolute atomic E-state index is 0.136. The molecule has 0 saturated carbocycles. The van der Waals surface area contributed by atoms with E-state index < -0.39 is 12.2 Å². The molecule has 1 fully saturated rings. The number of carbonyl (C=O) groups excluding carboxylic acids is 1. The molecule has 1 aliphatic heterocycles. The third-order valence-corrected chi connectivity index (χ3v) is 4.38. The van der Waals surface area contributed by atoms with Gasteiger partial charge >= 0.3 is 6.09 Å². The molecule has 1 aliphatic rings. The van der Waals surface area contributed by atoms with E-state index in [0.29, 0.717) is 0 Å². The van der Waals surface area contributed by atoms with E-state index >= 15 is 0 Å². The predicted octanol–water partition coefficient (Wildman–Crippen LogP) is 4.31. The van der Waals surface area contributed by atoms with Crippen molar-refractivity contribution in [3.05, 3.63) is 101 Å². The second-order valence-corrected chi connectivity index (χ2v) is 6.28. The van der Waals surface area contributed by atoms with Gasteiger partial charge in [-0.05, 0) is 47.5 Å². The van der Waals surface area contributed by atoms with E-state index in [-0.39, 0.29) is 11.8 Å². The first-order chi connectivity index (χ1) is 13.2. The quantitative estimate of drug-likeness (QED) is 0.673. The van der Waals surface area contributed by atoms with E-state index in [1.165, 1.54) is 0 Å². The molecule has 4 nitrogen and oxygen atoms in total. The summed E-state index contributed by atoms with van der Waals surface area (Å²) in [4.78, 5) is 11.9. The van der Waals surface area contributed by atoms with Gasteiger partial charge in [-0.25, -0.2) is 4.79 Å². The van der Waals surface area contributed by atoms with Crippen LogP contribution in [0.4, 0.5) is 4.79 Å². The lowest BCUT2D eigenvalue weighted by atomic mass is 9.95. The largest absolute Gasteiger partial charge is 0.508 e.